The van der Waals surface area contributed by atoms with E-state index in [9.17, 15) is 4.21 Å². The first-order chi connectivity index (χ1) is 2.27. The number of rotatable bonds is 1. The second-order valence-corrected chi connectivity index (χ2v) is 2.18. The number of hydrogen-bond donors (Lipinski definition) is 2. The lowest BCUT2D eigenvalue weighted by molar-refractivity contribution is 0.574. The van der Waals surface area contributed by atoms with Crippen molar-refractivity contribution >= 4 is 21.2 Å². The van der Waals surface area contributed by atoms with Crippen LogP contribution in [0.5, 0.6) is 0 Å². The van der Waals surface area contributed by atoms with E-state index in [1.165, 1.54) is 0 Å². The topological polar surface area (TPSA) is 57.5 Å². The van der Waals surface area contributed by atoms with Crippen LogP contribution in [0, 0.1) is 0 Å². The van der Waals surface area contributed by atoms with E-state index < -0.39 is 10.1 Å². The van der Waals surface area contributed by atoms with E-state index in [1.807, 2.05) is 0 Å². The maximum Gasteiger partial charge on any atom is 0.244 e. The summed E-state index contributed by atoms with van der Waals surface area (Å²) in [4.78, 5) is 0. The SMILES string of the molecule is O=S(O)SO. The van der Waals surface area contributed by atoms with Gasteiger partial charge in [-0.25, -0.2) is 4.21 Å². The van der Waals surface area contributed by atoms with Crippen molar-refractivity contribution in [2.75, 3.05) is 0 Å². The molecule has 0 saturated carbocycles. The average Bonchev–Trinajstić information content (AvgIpc) is 1.38. The van der Waals surface area contributed by atoms with Crippen LogP contribution >= 0.6 is 11.1 Å². The molecule has 5 heavy (non-hydrogen) atoms. The van der Waals surface area contributed by atoms with Gasteiger partial charge in [0.2, 0.25) is 10.1 Å². The van der Waals surface area contributed by atoms with Gasteiger partial charge in [-0.05, 0) is 0 Å². The molecule has 0 aliphatic heterocycles. The molecule has 0 heterocycles. The van der Waals surface area contributed by atoms with Crippen molar-refractivity contribution in [2.24, 2.45) is 0 Å². The normalized spacial score (nSPS) is 14.8. The van der Waals surface area contributed by atoms with Crippen LogP contribution in [0.1, 0.15) is 0 Å². The van der Waals surface area contributed by atoms with Crippen molar-refractivity contribution in [3.63, 3.8) is 0 Å². The standard InChI is InChI=1S/H2O3S2/c1-4-5(2)3/h1H,(H,2,3). The van der Waals surface area contributed by atoms with E-state index in [0.29, 0.717) is 0 Å². The maximum atomic E-state index is 9.19. The molecule has 3 nitrogen and oxygen atoms in total. The van der Waals surface area contributed by atoms with Gasteiger partial charge >= 0.3 is 0 Å². The molecular formula is H2O3S2. The van der Waals surface area contributed by atoms with E-state index in [-0.39, 0.29) is 11.1 Å². The van der Waals surface area contributed by atoms with Crippen molar-refractivity contribution in [2.45, 2.75) is 0 Å². The Hall–Kier alpha value is 0.420. The van der Waals surface area contributed by atoms with E-state index in [1.54, 1.807) is 0 Å². The summed E-state index contributed by atoms with van der Waals surface area (Å²) < 4.78 is 24.2. The van der Waals surface area contributed by atoms with Crippen LogP contribution in [0.25, 0.3) is 0 Å². The van der Waals surface area contributed by atoms with Crippen LogP contribution in [0.2, 0.25) is 0 Å². The molecular weight excluding hydrogens is 112 g/mol. The third-order valence-corrected chi connectivity index (χ3v) is 0.574. The van der Waals surface area contributed by atoms with Crippen LogP contribution in [-0.4, -0.2) is 13.3 Å². The molecule has 0 aromatic carbocycles. The Kier molecular flexibility index (Phi) is 2.87. The third-order valence-electron chi connectivity index (χ3n) is 0.0638. The summed E-state index contributed by atoms with van der Waals surface area (Å²) in [6.07, 6.45) is 0. The monoisotopic (exact) mass is 114 g/mol. The summed E-state index contributed by atoms with van der Waals surface area (Å²) in [7, 11) is -2.10. The maximum absolute atomic E-state index is 9.19. The molecule has 1 unspecified atom stereocenters. The zero-order valence-electron chi connectivity index (χ0n) is 2.12. The molecule has 0 aliphatic carbocycles. The van der Waals surface area contributed by atoms with Gasteiger partial charge in [0.25, 0.3) is 0 Å². The summed E-state index contributed by atoms with van der Waals surface area (Å²) in [6.45, 7) is 0. The van der Waals surface area contributed by atoms with Crippen molar-refractivity contribution in [3.05, 3.63) is 0 Å². The van der Waals surface area contributed by atoms with Crippen LogP contribution in [0.15, 0.2) is 0 Å². The first-order valence-electron chi connectivity index (χ1n) is 0.698. The molecule has 0 radical (unpaired) electrons. The van der Waals surface area contributed by atoms with E-state index in [4.69, 9.17) is 9.11 Å². The molecule has 5 heteroatoms. The molecule has 2 N–H and O–H groups in total. The highest BCUT2D eigenvalue weighted by atomic mass is 33.1. The van der Waals surface area contributed by atoms with Crippen molar-refractivity contribution < 1.29 is 13.3 Å². The van der Waals surface area contributed by atoms with Crippen LogP contribution < -0.4 is 0 Å². The lowest BCUT2D eigenvalue weighted by atomic mass is 15.9. The van der Waals surface area contributed by atoms with E-state index in [2.05, 4.69) is 0 Å². The third kappa shape index (κ3) is 4.42. The summed E-state index contributed by atoms with van der Waals surface area (Å²) >= 11 is -0.0926. The van der Waals surface area contributed by atoms with Gasteiger partial charge in [0, 0.05) is 0 Å². The fourth-order valence-electron chi connectivity index (χ4n) is 0. The second-order valence-electron chi connectivity index (χ2n) is 0.292. The van der Waals surface area contributed by atoms with E-state index in [0.717, 1.165) is 0 Å². The van der Waals surface area contributed by atoms with Crippen molar-refractivity contribution in [1.82, 2.24) is 0 Å². The van der Waals surface area contributed by atoms with Crippen LogP contribution in [0.4, 0.5) is 0 Å². The fraction of sp³-hybridized carbons (Fsp3) is 0. The zero-order valence-corrected chi connectivity index (χ0v) is 3.75. The lowest BCUT2D eigenvalue weighted by Crippen LogP contribution is -1.69. The Balaban J connectivity index is 2.85. The molecule has 1 atom stereocenters. The summed E-state index contributed by atoms with van der Waals surface area (Å²) in [6, 6.07) is 0. The molecule has 0 amide bonds. The molecule has 0 saturated heterocycles. The Labute approximate surface area is 35.3 Å². The van der Waals surface area contributed by atoms with Gasteiger partial charge in [-0.2, -0.15) is 0 Å². The van der Waals surface area contributed by atoms with Gasteiger partial charge < -0.3 is 4.55 Å². The van der Waals surface area contributed by atoms with Crippen molar-refractivity contribution in [1.29, 1.82) is 0 Å². The van der Waals surface area contributed by atoms with Gasteiger partial charge in [-0.3, -0.25) is 4.55 Å². The minimum absolute atomic E-state index is 0.0926. The highest BCUT2D eigenvalue weighted by Gasteiger charge is 1.80. The summed E-state index contributed by atoms with van der Waals surface area (Å²) in [5, 5.41) is 0. The van der Waals surface area contributed by atoms with Gasteiger partial charge in [0.1, 0.15) is 11.1 Å². The smallest absolute Gasteiger partial charge is 0.244 e. The summed E-state index contributed by atoms with van der Waals surface area (Å²) in [5.41, 5.74) is 0. The molecule has 0 aliphatic rings. The fourth-order valence-corrected chi connectivity index (χ4v) is 0. The zero-order chi connectivity index (χ0) is 4.28. The summed E-state index contributed by atoms with van der Waals surface area (Å²) in [5.74, 6) is 0. The molecule has 0 aromatic heterocycles. The first-order valence-corrected chi connectivity index (χ1v) is 3.10. The molecule has 0 fully saturated rings. The second kappa shape index (κ2) is 2.65. The average molecular weight is 114 g/mol. The molecule has 0 bridgehead atoms. The van der Waals surface area contributed by atoms with Gasteiger partial charge in [-0.15, -0.1) is 0 Å². The Morgan fingerprint density at radius 2 is 2.00 bits per heavy atom. The van der Waals surface area contributed by atoms with Gasteiger partial charge in [0.05, 0.1) is 0 Å². The van der Waals surface area contributed by atoms with Gasteiger partial charge in [-0.1, -0.05) is 0 Å². The first kappa shape index (κ1) is 5.42. The largest absolute Gasteiger partial charge is 0.317 e. The Morgan fingerprint density at radius 1 is 1.80 bits per heavy atom. The lowest BCUT2D eigenvalue weighted by Gasteiger charge is -1.70. The molecule has 0 aromatic rings. The Morgan fingerprint density at radius 3 is 2.00 bits per heavy atom. The molecule has 0 rings (SSSR count). The minimum Gasteiger partial charge on any atom is -0.317 e. The van der Waals surface area contributed by atoms with Crippen molar-refractivity contribution in [3.8, 4) is 0 Å². The van der Waals surface area contributed by atoms with Gasteiger partial charge in [0.15, 0.2) is 0 Å². The Bertz CT molecular complexity index is 40.2. The van der Waals surface area contributed by atoms with Crippen LogP contribution in [0.3, 0.4) is 0 Å². The van der Waals surface area contributed by atoms with E-state index >= 15 is 0 Å². The number of hydrogen-bond acceptors (Lipinski definition) is 3. The molecule has 32 valence electrons. The van der Waals surface area contributed by atoms with Crippen LogP contribution in [-0.2, 0) is 10.1 Å². The highest BCUT2D eigenvalue weighted by molar-refractivity contribution is 8.64. The predicted octanol–water partition coefficient (Wildman–Crippen LogP) is 0.329. The predicted molar refractivity (Wildman–Crippen MR) is 21.0 cm³/mol. The minimum atomic E-state index is -2.10. The quantitative estimate of drug-likeness (QED) is 0.293. The highest BCUT2D eigenvalue weighted by Crippen LogP contribution is 1.91. The molecule has 0 spiro atoms.